The Morgan fingerprint density at radius 2 is 1.94 bits per heavy atom. The third kappa shape index (κ3) is 6.22. The van der Waals surface area contributed by atoms with Gasteiger partial charge in [-0.1, -0.05) is 6.07 Å². The number of thiazole rings is 1. The second kappa shape index (κ2) is 10.7. The van der Waals surface area contributed by atoms with Crippen molar-refractivity contribution in [3.8, 4) is 10.4 Å². The van der Waals surface area contributed by atoms with Crippen molar-refractivity contribution in [2.75, 3.05) is 5.32 Å². The van der Waals surface area contributed by atoms with Gasteiger partial charge in [0.05, 0.1) is 4.88 Å². The van der Waals surface area contributed by atoms with Crippen LogP contribution in [0.4, 0.5) is 24.8 Å². The van der Waals surface area contributed by atoms with Gasteiger partial charge < -0.3 is 20.3 Å². The molecule has 1 aliphatic rings. The molecule has 0 spiro atoms. The Morgan fingerprint density at radius 1 is 1.24 bits per heavy atom. The van der Waals surface area contributed by atoms with E-state index in [1.165, 1.54) is 11.3 Å². The van der Waals surface area contributed by atoms with Gasteiger partial charge in [0.1, 0.15) is 16.3 Å². The Balaban J connectivity index is 0.00000324. The fourth-order valence-electron chi connectivity index (χ4n) is 3.87. The minimum Gasteiger partial charge on any atom is -0.550 e. The zero-order valence-corrected chi connectivity index (χ0v) is 22.5. The van der Waals surface area contributed by atoms with E-state index in [1.54, 1.807) is 18.3 Å². The molecule has 2 aromatic heterocycles. The van der Waals surface area contributed by atoms with Crippen LogP contribution in [0.3, 0.4) is 0 Å². The van der Waals surface area contributed by atoms with E-state index < -0.39 is 29.4 Å². The normalized spacial score (nSPS) is 20.4. The van der Waals surface area contributed by atoms with Crippen LogP contribution in [-0.2, 0) is 16.6 Å². The summed E-state index contributed by atoms with van der Waals surface area (Å²) in [5.74, 6) is -1.83. The molecule has 0 unspecified atom stereocenters. The van der Waals surface area contributed by atoms with Crippen LogP contribution < -0.4 is 61.8 Å². The number of carboxylic acid groups (broad SMARTS) is 1. The molecule has 0 radical (unpaired) electrons. The molecule has 174 valence electrons. The molecule has 7 nitrogen and oxygen atoms in total. The molecule has 1 aromatic carbocycles. The molecule has 0 bridgehead atoms. The van der Waals surface area contributed by atoms with Gasteiger partial charge in [-0.2, -0.15) is 13.2 Å². The van der Waals surface area contributed by atoms with Crippen molar-refractivity contribution in [3.05, 3.63) is 52.9 Å². The first-order chi connectivity index (χ1) is 15.5. The molecule has 0 aliphatic heterocycles. The summed E-state index contributed by atoms with van der Waals surface area (Å²) in [6, 6.07) is 6.19. The Hall–Kier alpha value is -1.41. The number of nitrogens with zero attached hydrogens (tertiary/aromatic N) is 3. The first-order valence-electron chi connectivity index (χ1n) is 10.2. The summed E-state index contributed by atoms with van der Waals surface area (Å²) >= 11 is 1.30. The maximum Gasteiger partial charge on any atom is 1.00 e. The molecule has 2 N–H and O–H groups in total. The van der Waals surface area contributed by atoms with Gasteiger partial charge in [-0.25, -0.2) is 15.0 Å². The van der Waals surface area contributed by atoms with E-state index in [0.717, 1.165) is 28.3 Å². The van der Waals surface area contributed by atoms with Gasteiger partial charge in [-0.15, -0.1) is 11.3 Å². The molecule has 1 fully saturated rings. The minimum absolute atomic E-state index is 0. The van der Waals surface area contributed by atoms with Gasteiger partial charge in [-0.3, -0.25) is 0 Å². The van der Waals surface area contributed by atoms with E-state index in [4.69, 9.17) is 0 Å². The minimum atomic E-state index is -4.57. The second-order valence-corrected chi connectivity index (χ2v) is 9.16. The molecule has 0 amide bonds. The van der Waals surface area contributed by atoms with E-state index in [-0.39, 0.29) is 70.2 Å². The third-order valence-electron chi connectivity index (χ3n) is 5.61. The van der Waals surface area contributed by atoms with Crippen LogP contribution in [0.2, 0.25) is 0 Å². The van der Waals surface area contributed by atoms with E-state index in [1.807, 2.05) is 13.0 Å². The van der Waals surface area contributed by atoms with Crippen LogP contribution in [0.25, 0.3) is 10.4 Å². The maximum absolute atomic E-state index is 12.9. The van der Waals surface area contributed by atoms with E-state index in [2.05, 4.69) is 20.3 Å². The number of halogens is 3. The van der Waals surface area contributed by atoms with Crippen LogP contribution in [-0.4, -0.2) is 26.0 Å². The Kier molecular flexibility index (Phi) is 8.54. The number of alkyl halides is 3. The quantitative estimate of drug-likeness (QED) is 0.483. The number of hydrogen-bond donors (Lipinski definition) is 2. The summed E-state index contributed by atoms with van der Waals surface area (Å²) in [7, 11) is 0. The zero-order chi connectivity index (χ0) is 23.8. The molecule has 2 heterocycles. The summed E-state index contributed by atoms with van der Waals surface area (Å²) in [5, 5.41) is 25.4. The summed E-state index contributed by atoms with van der Waals surface area (Å²) < 4.78 is 38.8. The van der Waals surface area contributed by atoms with Crippen molar-refractivity contribution in [1.29, 1.82) is 0 Å². The topological polar surface area (TPSA) is 111 Å². The number of hydrogen-bond acceptors (Lipinski definition) is 8. The van der Waals surface area contributed by atoms with Gasteiger partial charge in [0.2, 0.25) is 5.95 Å². The number of carbonyl (C=O) groups excluding carboxylic acids is 1. The predicted molar refractivity (Wildman–Crippen MR) is 113 cm³/mol. The Morgan fingerprint density at radius 3 is 2.59 bits per heavy atom. The number of aryl methyl sites for hydroxylation is 1. The number of anilines is 2. The van der Waals surface area contributed by atoms with Crippen LogP contribution in [0, 0.1) is 12.8 Å². The molecular weight excluding hydrogens is 496 g/mol. The molecule has 0 saturated heterocycles. The van der Waals surface area contributed by atoms with Crippen molar-refractivity contribution in [3.63, 3.8) is 0 Å². The number of aliphatic carboxylic acids is 1. The third-order valence-corrected chi connectivity index (χ3v) is 6.85. The number of nitrogens with one attached hydrogen (secondary N) is 1. The number of carboxylic acids is 1. The smallest absolute Gasteiger partial charge is 0.550 e. The molecule has 1 aliphatic carbocycles. The Bertz CT molecular complexity index is 1180. The van der Waals surface area contributed by atoms with Gasteiger partial charge >= 0.3 is 57.6 Å². The Labute approximate surface area is 240 Å². The molecule has 12 heteroatoms. The first kappa shape index (κ1) is 27.2. The first-order valence-corrected chi connectivity index (χ1v) is 11.0. The number of aliphatic hydroxyl groups is 1. The van der Waals surface area contributed by atoms with Crippen molar-refractivity contribution in [1.82, 2.24) is 15.0 Å². The van der Waals surface area contributed by atoms with Crippen LogP contribution in [0.5, 0.6) is 0 Å². The molecule has 0 atom stereocenters. The van der Waals surface area contributed by atoms with E-state index in [9.17, 15) is 28.2 Å². The number of rotatable bonds is 5. The van der Waals surface area contributed by atoms with Crippen LogP contribution in [0.15, 0.2) is 36.7 Å². The van der Waals surface area contributed by atoms with Crippen molar-refractivity contribution in [2.45, 2.75) is 44.4 Å². The molecular formula is C22H20F3KN4O3S. The number of carbonyl (C=O) groups is 1. The van der Waals surface area contributed by atoms with Gasteiger partial charge in [-0.05, 0) is 67.9 Å². The van der Waals surface area contributed by atoms with E-state index >= 15 is 0 Å². The zero-order valence-electron chi connectivity index (χ0n) is 18.5. The fraction of sp³-hybridized carbons (Fsp3) is 0.364. The van der Waals surface area contributed by atoms with Crippen molar-refractivity contribution < 1.29 is 79.6 Å². The predicted octanol–water partition coefficient (Wildman–Crippen LogP) is 0.803. The SMILES string of the molecule is Cc1cc(Nc2nccc(C(F)(F)F)n2)cc(-c2cnc([C@]3(O)CC[C@@H](C(=O)[O-])CC3)s2)c1.[K+]. The summed E-state index contributed by atoms with van der Waals surface area (Å²) in [6.07, 6.45) is -0.691. The maximum atomic E-state index is 12.9. The largest absolute Gasteiger partial charge is 1.00 e. The summed E-state index contributed by atoms with van der Waals surface area (Å²) in [6.45, 7) is 1.85. The fourth-order valence-corrected chi connectivity index (χ4v) is 4.92. The van der Waals surface area contributed by atoms with E-state index in [0.29, 0.717) is 23.5 Å². The number of aromatic nitrogens is 3. The average molecular weight is 517 g/mol. The van der Waals surface area contributed by atoms with Crippen molar-refractivity contribution in [2.24, 2.45) is 5.92 Å². The average Bonchev–Trinajstić information content (AvgIpc) is 3.25. The molecule has 3 aromatic rings. The molecule has 1 saturated carbocycles. The van der Waals surface area contributed by atoms with Gasteiger partial charge in [0.15, 0.2) is 0 Å². The molecule has 4 rings (SSSR count). The molecule has 34 heavy (non-hydrogen) atoms. The monoisotopic (exact) mass is 516 g/mol. The summed E-state index contributed by atoms with van der Waals surface area (Å²) in [4.78, 5) is 23.6. The van der Waals surface area contributed by atoms with Crippen LogP contribution >= 0.6 is 11.3 Å². The van der Waals surface area contributed by atoms with Gasteiger partial charge in [0.25, 0.3) is 0 Å². The standard InChI is InChI=1S/C22H21F3N4O3S.K/c1-12-8-14(10-15(9-12)28-20-26-7-4-17(29-20)22(23,24)25)16-11-27-19(33-16)21(32)5-2-13(3-6-21)18(30)31;/h4,7-11,13,32H,2-3,5-6H2,1H3,(H,30,31)(H,26,28,29);/q;+1/p-1/t13-,21+;. The van der Waals surface area contributed by atoms with Crippen molar-refractivity contribution >= 4 is 28.9 Å². The van der Waals surface area contributed by atoms with Gasteiger partial charge in [0, 0.05) is 24.1 Å². The van der Waals surface area contributed by atoms with Crippen LogP contribution in [0.1, 0.15) is 41.9 Å². The summed E-state index contributed by atoms with van der Waals surface area (Å²) in [5.41, 5.74) is -0.106. The number of benzene rings is 1. The second-order valence-electron chi connectivity index (χ2n) is 8.13.